The summed E-state index contributed by atoms with van der Waals surface area (Å²) in [5, 5.41) is 22.7. The van der Waals surface area contributed by atoms with Gasteiger partial charge in [0.2, 0.25) is 0 Å². The van der Waals surface area contributed by atoms with Crippen LogP contribution in [-0.4, -0.2) is 22.7 Å². The van der Waals surface area contributed by atoms with E-state index in [0.717, 1.165) is 0 Å². The molecule has 0 bridgehead atoms. The second-order valence-electron chi connectivity index (χ2n) is 4.60. The lowest BCUT2D eigenvalue weighted by molar-refractivity contribution is 0.0330. The number of nitrogens with one attached hydrogen (secondary N) is 1. The van der Waals surface area contributed by atoms with Gasteiger partial charge in [-0.2, -0.15) is 0 Å². The molecule has 5 nitrogen and oxygen atoms in total. The largest absolute Gasteiger partial charge is 0.507 e. The molecule has 1 amide bonds. The number of benzene rings is 1. The predicted octanol–water partition coefficient (Wildman–Crippen LogP) is 2.28. The molecule has 0 fully saturated rings. The molecular weight excluding hydrogens is 282 g/mol. The summed E-state index contributed by atoms with van der Waals surface area (Å²) < 4.78 is 5.11. The lowest BCUT2D eigenvalue weighted by Gasteiger charge is -2.21. The zero-order valence-corrected chi connectivity index (χ0v) is 11.5. The smallest absolute Gasteiger partial charge is 0.255 e. The molecule has 1 aromatic heterocycles. The van der Waals surface area contributed by atoms with E-state index in [9.17, 15) is 15.0 Å². The van der Waals surface area contributed by atoms with Crippen molar-refractivity contribution in [1.82, 2.24) is 5.32 Å². The minimum absolute atomic E-state index is 0.0542. The molecule has 0 saturated heterocycles. The number of phenolic OH excluding ortho intramolecular Hbond substituents is 1. The summed E-state index contributed by atoms with van der Waals surface area (Å²) in [7, 11) is 0. The molecule has 0 aliphatic rings. The number of furan rings is 1. The molecule has 0 aliphatic carbocycles. The van der Waals surface area contributed by atoms with Crippen LogP contribution in [0.25, 0.3) is 0 Å². The van der Waals surface area contributed by atoms with Gasteiger partial charge in [-0.05, 0) is 37.3 Å². The van der Waals surface area contributed by atoms with Gasteiger partial charge in [0.1, 0.15) is 17.1 Å². The zero-order chi connectivity index (χ0) is 14.8. The lowest BCUT2D eigenvalue weighted by Crippen LogP contribution is -2.38. The summed E-state index contributed by atoms with van der Waals surface area (Å²) in [5.74, 6) is -0.378. The molecule has 0 radical (unpaired) electrons. The van der Waals surface area contributed by atoms with Gasteiger partial charge < -0.3 is 19.9 Å². The number of hydrogen-bond acceptors (Lipinski definition) is 4. The summed E-state index contributed by atoms with van der Waals surface area (Å²) >= 11 is 5.69. The molecule has 0 aliphatic heterocycles. The normalized spacial score (nSPS) is 13.8. The number of carbonyl (C=O) groups is 1. The molecule has 2 aromatic rings. The van der Waals surface area contributed by atoms with E-state index >= 15 is 0 Å². The minimum Gasteiger partial charge on any atom is -0.507 e. The van der Waals surface area contributed by atoms with Gasteiger partial charge in [-0.25, -0.2) is 0 Å². The fraction of sp³-hybridized carbons (Fsp3) is 0.214. The van der Waals surface area contributed by atoms with Gasteiger partial charge in [-0.1, -0.05) is 11.6 Å². The highest BCUT2D eigenvalue weighted by atomic mass is 35.5. The first kappa shape index (κ1) is 14.4. The predicted molar refractivity (Wildman–Crippen MR) is 73.7 cm³/mol. The number of amides is 1. The molecule has 3 N–H and O–H groups in total. The second-order valence-corrected chi connectivity index (χ2v) is 5.03. The van der Waals surface area contributed by atoms with Gasteiger partial charge in [0, 0.05) is 5.02 Å². The Morgan fingerprint density at radius 3 is 2.80 bits per heavy atom. The number of carbonyl (C=O) groups excluding carboxylic acids is 1. The molecular formula is C14H14ClNO4. The maximum absolute atomic E-state index is 11.9. The van der Waals surface area contributed by atoms with Crippen LogP contribution in [-0.2, 0) is 5.60 Å². The van der Waals surface area contributed by atoms with Crippen LogP contribution in [0.1, 0.15) is 23.0 Å². The van der Waals surface area contributed by atoms with E-state index in [1.54, 1.807) is 12.1 Å². The Balaban J connectivity index is 2.05. The Bertz CT molecular complexity index is 608. The fourth-order valence-corrected chi connectivity index (χ4v) is 1.88. The fourth-order valence-electron chi connectivity index (χ4n) is 1.72. The van der Waals surface area contributed by atoms with Crippen LogP contribution in [0.15, 0.2) is 41.0 Å². The van der Waals surface area contributed by atoms with Crippen molar-refractivity contribution in [2.24, 2.45) is 0 Å². The third kappa shape index (κ3) is 3.12. The Hall–Kier alpha value is -1.98. The average Bonchev–Trinajstić information content (AvgIpc) is 2.90. The van der Waals surface area contributed by atoms with Crippen molar-refractivity contribution < 1.29 is 19.4 Å². The van der Waals surface area contributed by atoms with Gasteiger partial charge in [0.15, 0.2) is 0 Å². The topological polar surface area (TPSA) is 82.7 Å². The van der Waals surface area contributed by atoms with E-state index in [4.69, 9.17) is 16.0 Å². The van der Waals surface area contributed by atoms with Crippen LogP contribution >= 0.6 is 11.6 Å². The third-order valence-electron chi connectivity index (χ3n) is 2.85. The van der Waals surface area contributed by atoms with Crippen LogP contribution in [0.3, 0.4) is 0 Å². The zero-order valence-electron chi connectivity index (χ0n) is 10.8. The Labute approximate surface area is 120 Å². The van der Waals surface area contributed by atoms with E-state index in [1.807, 2.05) is 0 Å². The van der Waals surface area contributed by atoms with Gasteiger partial charge >= 0.3 is 0 Å². The molecule has 0 spiro atoms. The Morgan fingerprint density at radius 1 is 1.45 bits per heavy atom. The van der Waals surface area contributed by atoms with Crippen LogP contribution in [0.4, 0.5) is 0 Å². The minimum atomic E-state index is -1.33. The van der Waals surface area contributed by atoms with Crippen molar-refractivity contribution >= 4 is 17.5 Å². The highest BCUT2D eigenvalue weighted by Gasteiger charge is 2.27. The maximum atomic E-state index is 11.9. The quantitative estimate of drug-likeness (QED) is 0.808. The molecule has 106 valence electrons. The van der Waals surface area contributed by atoms with E-state index < -0.39 is 11.5 Å². The number of phenols is 1. The van der Waals surface area contributed by atoms with Gasteiger partial charge in [-0.15, -0.1) is 0 Å². The first-order valence-electron chi connectivity index (χ1n) is 5.93. The summed E-state index contributed by atoms with van der Waals surface area (Å²) in [6.45, 7) is 1.47. The molecule has 1 atom stereocenters. The number of halogens is 1. The van der Waals surface area contributed by atoms with E-state index in [1.165, 1.54) is 31.4 Å². The van der Waals surface area contributed by atoms with Crippen LogP contribution < -0.4 is 5.32 Å². The maximum Gasteiger partial charge on any atom is 0.255 e. The number of rotatable bonds is 4. The van der Waals surface area contributed by atoms with Gasteiger partial charge in [-0.3, -0.25) is 4.79 Å². The van der Waals surface area contributed by atoms with Crippen molar-refractivity contribution in [3.8, 4) is 5.75 Å². The SMILES string of the molecule is CC(O)(CNC(=O)c1ccc(Cl)cc1O)c1ccco1. The van der Waals surface area contributed by atoms with Gasteiger partial charge in [0.05, 0.1) is 18.4 Å². The number of hydrogen-bond donors (Lipinski definition) is 3. The Kier molecular flexibility index (Phi) is 4.01. The average molecular weight is 296 g/mol. The number of aliphatic hydroxyl groups is 1. The molecule has 1 aromatic carbocycles. The van der Waals surface area contributed by atoms with Crippen molar-refractivity contribution in [1.29, 1.82) is 0 Å². The molecule has 1 unspecified atom stereocenters. The van der Waals surface area contributed by atoms with Crippen LogP contribution in [0.2, 0.25) is 5.02 Å². The van der Waals surface area contributed by atoms with Crippen LogP contribution in [0, 0.1) is 0 Å². The highest BCUT2D eigenvalue weighted by molar-refractivity contribution is 6.30. The summed E-state index contributed by atoms with van der Waals surface area (Å²) in [5.41, 5.74) is -1.24. The van der Waals surface area contributed by atoms with E-state index in [2.05, 4.69) is 5.32 Å². The third-order valence-corrected chi connectivity index (χ3v) is 3.08. The summed E-state index contributed by atoms with van der Waals surface area (Å²) in [6, 6.07) is 7.46. The summed E-state index contributed by atoms with van der Waals surface area (Å²) in [6.07, 6.45) is 1.44. The standard InChI is InChI=1S/C14H14ClNO4/c1-14(19,12-3-2-6-20-12)8-16-13(18)10-5-4-9(15)7-11(10)17/h2-7,17,19H,8H2,1H3,(H,16,18). The van der Waals surface area contributed by atoms with Gasteiger partial charge in [0.25, 0.3) is 5.91 Å². The molecule has 0 saturated carbocycles. The summed E-state index contributed by atoms with van der Waals surface area (Å²) in [4.78, 5) is 11.9. The first-order valence-corrected chi connectivity index (χ1v) is 6.31. The molecule has 20 heavy (non-hydrogen) atoms. The molecule has 2 rings (SSSR count). The number of aromatic hydroxyl groups is 1. The molecule has 6 heteroatoms. The second kappa shape index (κ2) is 5.56. The Morgan fingerprint density at radius 2 is 2.20 bits per heavy atom. The van der Waals surface area contributed by atoms with Crippen molar-refractivity contribution in [3.63, 3.8) is 0 Å². The molecule has 1 heterocycles. The lowest BCUT2D eigenvalue weighted by atomic mass is 10.0. The van der Waals surface area contributed by atoms with Crippen molar-refractivity contribution in [3.05, 3.63) is 52.9 Å². The first-order chi connectivity index (χ1) is 9.40. The highest BCUT2D eigenvalue weighted by Crippen LogP contribution is 2.23. The monoisotopic (exact) mass is 295 g/mol. The van der Waals surface area contributed by atoms with Crippen LogP contribution in [0.5, 0.6) is 5.75 Å². The van der Waals surface area contributed by atoms with Crippen molar-refractivity contribution in [2.45, 2.75) is 12.5 Å². The van der Waals surface area contributed by atoms with E-state index in [0.29, 0.717) is 10.8 Å². The van der Waals surface area contributed by atoms with Crippen molar-refractivity contribution in [2.75, 3.05) is 6.54 Å². The van der Waals surface area contributed by atoms with E-state index in [-0.39, 0.29) is 17.9 Å².